The lowest BCUT2D eigenvalue weighted by Gasteiger charge is -2.22. The molecule has 0 atom stereocenters. The van der Waals surface area contributed by atoms with E-state index in [9.17, 15) is 0 Å². The van der Waals surface area contributed by atoms with Crippen molar-refractivity contribution in [2.24, 2.45) is 5.41 Å². The van der Waals surface area contributed by atoms with Crippen LogP contribution in [0.5, 0.6) is 0 Å². The van der Waals surface area contributed by atoms with Gasteiger partial charge in [-0.2, -0.15) is 0 Å². The number of alkyl halides is 1. The summed E-state index contributed by atoms with van der Waals surface area (Å²) in [6.07, 6.45) is 5.02. The van der Waals surface area contributed by atoms with E-state index in [1.807, 2.05) is 0 Å². The molecule has 2 saturated carbocycles. The molecular formula is C10H14ClN3O. The van der Waals surface area contributed by atoms with Crippen LogP contribution >= 0.6 is 11.6 Å². The van der Waals surface area contributed by atoms with Gasteiger partial charge in [-0.3, -0.25) is 0 Å². The molecule has 0 amide bonds. The average molecular weight is 228 g/mol. The van der Waals surface area contributed by atoms with Gasteiger partial charge in [-0.15, -0.1) is 16.7 Å². The van der Waals surface area contributed by atoms with Crippen LogP contribution < -0.4 is 5.32 Å². The fraction of sp³-hybridized carbons (Fsp3) is 0.800. The highest BCUT2D eigenvalue weighted by atomic mass is 35.5. The van der Waals surface area contributed by atoms with Crippen molar-refractivity contribution in [1.29, 1.82) is 0 Å². The highest BCUT2D eigenvalue weighted by Gasteiger charge is 2.63. The molecule has 0 saturated heterocycles. The number of rotatable bonds is 4. The van der Waals surface area contributed by atoms with Crippen molar-refractivity contribution >= 4 is 17.6 Å². The average Bonchev–Trinajstić information content (AvgIpc) is 3.10. The van der Waals surface area contributed by atoms with Gasteiger partial charge in [-0.1, -0.05) is 12.0 Å². The number of hydrogen-bond acceptors (Lipinski definition) is 4. The SMILES string of the molecule is CC1(C2(Nc3nnc(CCl)o3)CC2)CC1. The zero-order valence-corrected chi connectivity index (χ0v) is 9.47. The predicted octanol–water partition coefficient (Wildman–Crippen LogP) is 2.55. The summed E-state index contributed by atoms with van der Waals surface area (Å²) in [6.45, 7) is 2.33. The Morgan fingerprint density at radius 2 is 2.07 bits per heavy atom. The van der Waals surface area contributed by atoms with E-state index in [0.717, 1.165) is 0 Å². The Kier molecular flexibility index (Phi) is 1.81. The molecule has 1 aromatic rings. The second kappa shape index (κ2) is 2.88. The summed E-state index contributed by atoms with van der Waals surface area (Å²) >= 11 is 5.61. The Hall–Kier alpha value is -0.770. The Morgan fingerprint density at radius 3 is 2.53 bits per heavy atom. The van der Waals surface area contributed by atoms with Crippen LogP contribution in [0.2, 0.25) is 0 Å². The van der Waals surface area contributed by atoms with Crippen molar-refractivity contribution in [3.8, 4) is 0 Å². The van der Waals surface area contributed by atoms with Crippen LogP contribution in [0, 0.1) is 5.41 Å². The van der Waals surface area contributed by atoms with E-state index in [0.29, 0.717) is 17.3 Å². The minimum atomic E-state index is 0.225. The summed E-state index contributed by atoms with van der Waals surface area (Å²) in [4.78, 5) is 0. The van der Waals surface area contributed by atoms with Gasteiger partial charge >= 0.3 is 6.01 Å². The van der Waals surface area contributed by atoms with Gasteiger partial charge in [0.05, 0.1) is 0 Å². The summed E-state index contributed by atoms with van der Waals surface area (Å²) < 4.78 is 5.37. The lowest BCUT2D eigenvalue weighted by Crippen LogP contribution is -2.31. The van der Waals surface area contributed by atoms with Crippen molar-refractivity contribution < 1.29 is 4.42 Å². The lowest BCUT2D eigenvalue weighted by atomic mass is 9.96. The molecule has 2 fully saturated rings. The monoisotopic (exact) mass is 227 g/mol. The third kappa shape index (κ3) is 1.42. The van der Waals surface area contributed by atoms with Crippen LogP contribution in [0.3, 0.4) is 0 Å². The molecule has 0 aromatic carbocycles. The van der Waals surface area contributed by atoms with Gasteiger partial charge in [-0.05, 0) is 31.1 Å². The second-order valence-electron chi connectivity index (χ2n) is 4.90. The topological polar surface area (TPSA) is 51.0 Å². The number of halogens is 1. The number of hydrogen-bond donors (Lipinski definition) is 1. The first-order chi connectivity index (χ1) is 7.17. The third-order valence-electron chi connectivity index (χ3n) is 3.83. The fourth-order valence-corrected chi connectivity index (χ4v) is 2.34. The van der Waals surface area contributed by atoms with Crippen LogP contribution in [-0.2, 0) is 5.88 Å². The van der Waals surface area contributed by atoms with E-state index >= 15 is 0 Å². The molecule has 2 aliphatic rings. The van der Waals surface area contributed by atoms with Crippen LogP contribution in [0.1, 0.15) is 38.5 Å². The predicted molar refractivity (Wildman–Crippen MR) is 56.8 cm³/mol. The largest absolute Gasteiger partial charge is 0.407 e. The smallest absolute Gasteiger partial charge is 0.315 e. The molecule has 0 spiro atoms. The van der Waals surface area contributed by atoms with Gasteiger partial charge in [0, 0.05) is 5.54 Å². The highest BCUT2D eigenvalue weighted by molar-refractivity contribution is 6.16. The fourth-order valence-electron chi connectivity index (χ4n) is 2.23. The lowest BCUT2D eigenvalue weighted by molar-refractivity contribution is 0.425. The maximum Gasteiger partial charge on any atom is 0.315 e. The normalized spacial score (nSPS) is 24.9. The minimum absolute atomic E-state index is 0.225. The number of nitrogens with one attached hydrogen (secondary N) is 1. The maximum absolute atomic E-state index is 5.61. The van der Waals surface area contributed by atoms with Crippen molar-refractivity contribution in [2.75, 3.05) is 5.32 Å². The van der Waals surface area contributed by atoms with E-state index in [2.05, 4.69) is 22.4 Å². The zero-order chi connectivity index (χ0) is 10.5. The van der Waals surface area contributed by atoms with Crippen LogP contribution in [0.25, 0.3) is 0 Å². The van der Waals surface area contributed by atoms with Crippen molar-refractivity contribution in [1.82, 2.24) is 10.2 Å². The molecule has 3 rings (SSSR count). The molecule has 2 aliphatic carbocycles. The number of aromatic nitrogens is 2. The molecule has 0 radical (unpaired) electrons. The summed E-state index contributed by atoms with van der Waals surface area (Å²) in [5.74, 6) is 0.759. The Bertz CT molecular complexity index is 382. The molecular weight excluding hydrogens is 214 g/mol. The number of anilines is 1. The summed E-state index contributed by atoms with van der Waals surface area (Å²) in [6, 6.07) is 0.524. The Balaban J connectivity index is 1.75. The molecule has 0 bridgehead atoms. The summed E-state index contributed by atoms with van der Waals surface area (Å²) in [5.41, 5.74) is 0.672. The van der Waals surface area contributed by atoms with Gasteiger partial charge in [0.25, 0.3) is 0 Å². The summed E-state index contributed by atoms with van der Waals surface area (Å²) in [7, 11) is 0. The van der Waals surface area contributed by atoms with Crippen LogP contribution in [-0.4, -0.2) is 15.7 Å². The van der Waals surface area contributed by atoms with Crippen molar-refractivity contribution in [3.05, 3.63) is 5.89 Å². The summed E-state index contributed by atoms with van der Waals surface area (Å²) in [5, 5.41) is 11.2. The first-order valence-corrected chi connectivity index (χ1v) is 5.88. The van der Waals surface area contributed by atoms with Gasteiger partial charge in [-0.25, -0.2) is 0 Å². The first-order valence-electron chi connectivity index (χ1n) is 5.34. The quantitative estimate of drug-likeness (QED) is 0.804. The molecule has 1 heterocycles. The molecule has 4 nitrogen and oxygen atoms in total. The van der Waals surface area contributed by atoms with Gasteiger partial charge in [0.2, 0.25) is 5.89 Å². The van der Waals surface area contributed by atoms with Crippen LogP contribution in [0.4, 0.5) is 6.01 Å². The van der Waals surface area contributed by atoms with Crippen molar-refractivity contribution in [3.63, 3.8) is 0 Å². The second-order valence-corrected chi connectivity index (χ2v) is 5.17. The molecule has 5 heteroatoms. The van der Waals surface area contributed by atoms with Gasteiger partial charge < -0.3 is 9.73 Å². The molecule has 0 aliphatic heterocycles. The maximum atomic E-state index is 5.61. The first kappa shape index (κ1) is 9.46. The van der Waals surface area contributed by atoms with E-state index in [1.54, 1.807) is 0 Å². The van der Waals surface area contributed by atoms with Crippen molar-refractivity contribution in [2.45, 2.75) is 44.0 Å². The van der Waals surface area contributed by atoms with E-state index in [1.165, 1.54) is 25.7 Å². The Morgan fingerprint density at radius 1 is 1.33 bits per heavy atom. The zero-order valence-electron chi connectivity index (χ0n) is 8.72. The standard InChI is InChI=1S/C10H14ClN3O/c1-9(2-3-9)10(4-5-10)12-8-14-13-7(6-11)15-8/h2-6H2,1H3,(H,12,14). The molecule has 0 unspecified atom stereocenters. The number of nitrogens with zero attached hydrogens (tertiary/aromatic N) is 2. The third-order valence-corrected chi connectivity index (χ3v) is 4.06. The van der Waals surface area contributed by atoms with E-state index in [4.69, 9.17) is 16.0 Å². The highest BCUT2D eigenvalue weighted by Crippen LogP contribution is 2.64. The molecule has 15 heavy (non-hydrogen) atoms. The van der Waals surface area contributed by atoms with E-state index < -0.39 is 0 Å². The Labute approximate surface area is 93.4 Å². The van der Waals surface area contributed by atoms with E-state index in [-0.39, 0.29) is 11.4 Å². The minimum Gasteiger partial charge on any atom is -0.407 e. The van der Waals surface area contributed by atoms with Gasteiger partial charge in [0.15, 0.2) is 0 Å². The molecule has 1 N–H and O–H groups in total. The van der Waals surface area contributed by atoms with Gasteiger partial charge in [0.1, 0.15) is 5.88 Å². The van der Waals surface area contributed by atoms with Crippen LogP contribution in [0.15, 0.2) is 4.42 Å². The molecule has 1 aromatic heterocycles. The molecule has 82 valence electrons.